The molecule has 14 heavy (non-hydrogen) atoms. The minimum Gasteiger partial charge on any atom is -0.392 e. The van der Waals surface area contributed by atoms with E-state index in [9.17, 15) is 5.11 Å². The molecular formula is C11H18N2O. The van der Waals surface area contributed by atoms with Crippen LogP contribution in [0.3, 0.4) is 0 Å². The number of nitriles is 1. The van der Waals surface area contributed by atoms with Gasteiger partial charge in [0.2, 0.25) is 0 Å². The summed E-state index contributed by atoms with van der Waals surface area (Å²) in [6.07, 6.45) is 5.43. The van der Waals surface area contributed by atoms with Gasteiger partial charge in [-0.2, -0.15) is 5.26 Å². The van der Waals surface area contributed by atoms with Crippen LogP contribution in [0.25, 0.3) is 0 Å². The van der Waals surface area contributed by atoms with Crippen LogP contribution in [0, 0.1) is 23.2 Å². The standard InChI is InChI=1S/C11H18N2O/c12-6-9-2-1-3-10(9)13-7-11(14)8-4-5-8/h8-11,13-14H,1-5,7H2. The first-order valence-electron chi connectivity index (χ1n) is 5.62. The zero-order valence-electron chi connectivity index (χ0n) is 8.45. The molecule has 0 aromatic heterocycles. The second-order valence-electron chi connectivity index (χ2n) is 4.59. The molecule has 78 valence electrons. The summed E-state index contributed by atoms with van der Waals surface area (Å²) in [6.45, 7) is 0.674. The van der Waals surface area contributed by atoms with Gasteiger partial charge in [0.05, 0.1) is 18.1 Å². The van der Waals surface area contributed by atoms with E-state index in [4.69, 9.17) is 5.26 Å². The van der Waals surface area contributed by atoms with Crippen molar-refractivity contribution in [3.63, 3.8) is 0 Å². The third-order valence-electron chi connectivity index (χ3n) is 3.44. The largest absolute Gasteiger partial charge is 0.392 e. The van der Waals surface area contributed by atoms with Crippen LogP contribution < -0.4 is 5.32 Å². The molecule has 2 aliphatic rings. The second-order valence-corrected chi connectivity index (χ2v) is 4.59. The van der Waals surface area contributed by atoms with Crippen molar-refractivity contribution >= 4 is 0 Å². The topological polar surface area (TPSA) is 56.0 Å². The van der Waals surface area contributed by atoms with Crippen LogP contribution in [0.5, 0.6) is 0 Å². The molecule has 0 amide bonds. The van der Waals surface area contributed by atoms with Gasteiger partial charge in [0, 0.05) is 12.6 Å². The Labute approximate surface area is 85.1 Å². The highest BCUT2D eigenvalue weighted by molar-refractivity contribution is 4.97. The molecular weight excluding hydrogens is 176 g/mol. The molecule has 0 saturated heterocycles. The van der Waals surface area contributed by atoms with E-state index in [0.717, 1.165) is 19.3 Å². The van der Waals surface area contributed by atoms with Gasteiger partial charge in [-0.05, 0) is 31.6 Å². The van der Waals surface area contributed by atoms with Gasteiger partial charge >= 0.3 is 0 Å². The molecule has 0 heterocycles. The Morgan fingerprint density at radius 1 is 1.36 bits per heavy atom. The zero-order chi connectivity index (χ0) is 9.97. The normalized spacial score (nSPS) is 34.0. The van der Waals surface area contributed by atoms with Crippen molar-refractivity contribution in [1.29, 1.82) is 5.26 Å². The van der Waals surface area contributed by atoms with Gasteiger partial charge in [-0.1, -0.05) is 6.42 Å². The van der Waals surface area contributed by atoms with Gasteiger partial charge in [-0.15, -0.1) is 0 Å². The molecule has 0 aliphatic heterocycles. The second kappa shape index (κ2) is 4.29. The van der Waals surface area contributed by atoms with E-state index < -0.39 is 0 Å². The molecule has 3 unspecified atom stereocenters. The first-order chi connectivity index (χ1) is 6.81. The van der Waals surface area contributed by atoms with E-state index >= 15 is 0 Å². The molecule has 0 spiro atoms. The highest BCUT2D eigenvalue weighted by Gasteiger charge is 2.32. The fraction of sp³-hybridized carbons (Fsp3) is 0.909. The van der Waals surface area contributed by atoms with E-state index in [-0.39, 0.29) is 12.0 Å². The van der Waals surface area contributed by atoms with Gasteiger partial charge in [-0.25, -0.2) is 0 Å². The van der Waals surface area contributed by atoms with E-state index in [0.29, 0.717) is 18.5 Å². The van der Waals surface area contributed by atoms with E-state index in [1.807, 2.05) is 0 Å². The van der Waals surface area contributed by atoms with Gasteiger partial charge < -0.3 is 10.4 Å². The van der Waals surface area contributed by atoms with Crippen molar-refractivity contribution in [2.45, 2.75) is 44.2 Å². The number of rotatable bonds is 4. The maximum absolute atomic E-state index is 9.66. The average Bonchev–Trinajstić information content (AvgIpc) is 2.94. The maximum atomic E-state index is 9.66. The molecule has 3 atom stereocenters. The van der Waals surface area contributed by atoms with Crippen LogP contribution in [0.1, 0.15) is 32.1 Å². The Hall–Kier alpha value is -0.590. The molecule has 3 heteroatoms. The lowest BCUT2D eigenvalue weighted by Gasteiger charge is -2.18. The minimum absolute atomic E-state index is 0.168. The molecule has 2 saturated carbocycles. The molecule has 3 nitrogen and oxygen atoms in total. The summed E-state index contributed by atoms with van der Waals surface area (Å²) in [5.74, 6) is 0.700. The van der Waals surface area contributed by atoms with Crippen molar-refractivity contribution in [3.8, 4) is 6.07 Å². The van der Waals surface area contributed by atoms with Crippen LogP contribution in [-0.4, -0.2) is 23.8 Å². The Balaban J connectivity index is 1.71. The molecule has 2 rings (SSSR count). The Kier molecular flexibility index (Phi) is 3.05. The van der Waals surface area contributed by atoms with Crippen molar-refractivity contribution in [1.82, 2.24) is 5.32 Å². The average molecular weight is 194 g/mol. The Bertz CT molecular complexity index is 232. The summed E-state index contributed by atoms with van der Waals surface area (Å²) >= 11 is 0. The third kappa shape index (κ3) is 2.26. The molecule has 0 radical (unpaired) electrons. The number of aliphatic hydroxyl groups excluding tert-OH is 1. The van der Waals surface area contributed by atoms with Crippen LogP contribution in [0.15, 0.2) is 0 Å². The molecule has 0 bridgehead atoms. The Morgan fingerprint density at radius 3 is 2.79 bits per heavy atom. The van der Waals surface area contributed by atoms with E-state index in [1.54, 1.807) is 0 Å². The van der Waals surface area contributed by atoms with Crippen LogP contribution in [0.2, 0.25) is 0 Å². The lowest BCUT2D eigenvalue weighted by Crippen LogP contribution is -2.38. The van der Waals surface area contributed by atoms with Crippen LogP contribution in [-0.2, 0) is 0 Å². The van der Waals surface area contributed by atoms with E-state index in [1.165, 1.54) is 12.8 Å². The smallest absolute Gasteiger partial charge is 0.0692 e. The fourth-order valence-corrected chi connectivity index (χ4v) is 2.28. The predicted octanol–water partition coefficient (Wildman–Crippen LogP) is 1.04. The van der Waals surface area contributed by atoms with Gasteiger partial charge in [0.15, 0.2) is 0 Å². The summed E-state index contributed by atoms with van der Waals surface area (Å²) in [6, 6.07) is 2.67. The number of nitrogens with zero attached hydrogens (tertiary/aromatic N) is 1. The van der Waals surface area contributed by atoms with E-state index in [2.05, 4.69) is 11.4 Å². The van der Waals surface area contributed by atoms with Gasteiger partial charge in [-0.3, -0.25) is 0 Å². The predicted molar refractivity (Wildman–Crippen MR) is 53.5 cm³/mol. The third-order valence-corrected chi connectivity index (χ3v) is 3.44. The van der Waals surface area contributed by atoms with Crippen molar-refractivity contribution < 1.29 is 5.11 Å². The highest BCUT2D eigenvalue weighted by Crippen LogP contribution is 2.32. The monoisotopic (exact) mass is 194 g/mol. The number of hydrogen-bond acceptors (Lipinski definition) is 3. The lowest BCUT2D eigenvalue weighted by atomic mass is 10.1. The number of nitrogens with one attached hydrogen (secondary N) is 1. The number of hydrogen-bond donors (Lipinski definition) is 2. The summed E-state index contributed by atoms with van der Waals surface area (Å²) < 4.78 is 0. The minimum atomic E-state index is -0.185. The van der Waals surface area contributed by atoms with Crippen LogP contribution >= 0.6 is 0 Å². The Morgan fingerprint density at radius 2 is 2.14 bits per heavy atom. The van der Waals surface area contributed by atoms with Gasteiger partial charge in [0.1, 0.15) is 0 Å². The summed E-state index contributed by atoms with van der Waals surface area (Å²) in [4.78, 5) is 0. The summed E-state index contributed by atoms with van der Waals surface area (Å²) in [5, 5.41) is 21.9. The van der Waals surface area contributed by atoms with Crippen molar-refractivity contribution in [3.05, 3.63) is 0 Å². The zero-order valence-corrected chi connectivity index (χ0v) is 8.45. The first kappa shape index (κ1) is 9.95. The summed E-state index contributed by atoms with van der Waals surface area (Å²) in [5.41, 5.74) is 0. The quantitative estimate of drug-likeness (QED) is 0.703. The summed E-state index contributed by atoms with van der Waals surface area (Å²) in [7, 11) is 0. The SMILES string of the molecule is N#CC1CCCC1NCC(O)C1CC1. The van der Waals surface area contributed by atoms with Crippen LogP contribution in [0.4, 0.5) is 0 Å². The lowest BCUT2D eigenvalue weighted by molar-refractivity contribution is 0.143. The molecule has 0 aromatic rings. The molecule has 0 aromatic carbocycles. The number of aliphatic hydroxyl groups is 1. The highest BCUT2D eigenvalue weighted by atomic mass is 16.3. The van der Waals surface area contributed by atoms with Crippen molar-refractivity contribution in [2.75, 3.05) is 6.54 Å². The van der Waals surface area contributed by atoms with Crippen molar-refractivity contribution in [2.24, 2.45) is 11.8 Å². The molecule has 2 aliphatic carbocycles. The molecule has 2 fully saturated rings. The van der Waals surface area contributed by atoms with Gasteiger partial charge in [0.25, 0.3) is 0 Å². The molecule has 2 N–H and O–H groups in total. The maximum Gasteiger partial charge on any atom is 0.0692 e. The first-order valence-corrected chi connectivity index (χ1v) is 5.62. The fourth-order valence-electron chi connectivity index (χ4n) is 2.28.